The molecule has 0 bridgehead atoms. The van der Waals surface area contributed by atoms with Crippen LogP contribution in [0.4, 0.5) is 0 Å². The molecule has 0 amide bonds. The molecule has 2 saturated heterocycles. The van der Waals surface area contributed by atoms with E-state index in [0.717, 1.165) is 19.6 Å². The van der Waals surface area contributed by atoms with Crippen LogP contribution in [0, 0.1) is 5.41 Å². The smallest absolute Gasteiger partial charge is 0.0593 e. The number of nitrogens with zero attached hydrogens (tertiary/aromatic N) is 2. The molecule has 2 aliphatic rings. The van der Waals surface area contributed by atoms with Crippen molar-refractivity contribution in [1.29, 1.82) is 0 Å². The summed E-state index contributed by atoms with van der Waals surface area (Å²) >= 11 is 0. The highest BCUT2D eigenvalue weighted by Crippen LogP contribution is 2.48. The molecule has 1 N–H and O–H groups in total. The largest absolute Gasteiger partial charge is 0.395 e. The van der Waals surface area contributed by atoms with Crippen LogP contribution in [0.2, 0.25) is 0 Å². The number of aliphatic hydroxyl groups excluding tert-OH is 1. The molecule has 2 heterocycles. The van der Waals surface area contributed by atoms with Crippen LogP contribution in [0.25, 0.3) is 0 Å². The van der Waals surface area contributed by atoms with E-state index in [4.69, 9.17) is 0 Å². The first kappa shape index (κ1) is 14.3. The van der Waals surface area contributed by atoms with E-state index >= 15 is 0 Å². The Bertz CT molecular complexity index is 307. The zero-order chi connectivity index (χ0) is 13.8. The topological polar surface area (TPSA) is 26.7 Å². The van der Waals surface area contributed by atoms with Gasteiger partial charge in [0.2, 0.25) is 0 Å². The summed E-state index contributed by atoms with van der Waals surface area (Å²) in [5.74, 6) is 0. The molecule has 1 spiro atoms. The molecule has 0 aromatic carbocycles. The second kappa shape index (κ2) is 4.19. The molecule has 3 heteroatoms. The van der Waals surface area contributed by atoms with Crippen molar-refractivity contribution < 1.29 is 5.11 Å². The van der Waals surface area contributed by atoms with Crippen molar-refractivity contribution in [2.45, 2.75) is 65.1 Å². The highest BCUT2D eigenvalue weighted by molar-refractivity contribution is 5.11. The molecule has 3 nitrogen and oxygen atoms in total. The van der Waals surface area contributed by atoms with E-state index in [1.54, 1.807) is 0 Å². The molecule has 0 saturated carbocycles. The van der Waals surface area contributed by atoms with Crippen LogP contribution in [0.5, 0.6) is 0 Å². The second-order valence-electron chi connectivity index (χ2n) is 8.20. The van der Waals surface area contributed by atoms with Gasteiger partial charge in [-0.1, -0.05) is 0 Å². The maximum absolute atomic E-state index is 9.83. The van der Waals surface area contributed by atoms with E-state index in [2.05, 4.69) is 51.3 Å². The van der Waals surface area contributed by atoms with Gasteiger partial charge in [0.05, 0.1) is 6.61 Å². The monoisotopic (exact) mass is 254 g/mol. The second-order valence-corrected chi connectivity index (χ2v) is 8.20. The molecule has 2 rings (SSSR count). The summed E-state index contributed by atoms with van der Waals surface area (Å²) in [5.41, 5.74) is 0.773. The van der Waals surface area contributed by atoms with Crippen LogP contribution in [-0.2, 0) is 0 Å². The maximum atomic E-state index is 9.83. The summed E-state index contributed by atoms with van der Waals surface area (Å²) in [5, 5.41) is 9.83. The van der Waals surface area contributed by atoms with Crippen molar-refractivity contribution in [2.75, 3.05) is 26.2 Å². The van der Waals surface area contributed by atoms with Crippen molar-refractivity contribution in [3.63, 3.8) is 0 Å². The quantitative estimate of drug-likeness (QED) is 0.775. The highest BCUT2D eigenvalue weighted by Gasteiger charge is 2.57. The average molecular weight is 254 g/mol. The van der Waals surface area contributed by atoms with E-state index in [1.165, 1.54) is 6.42 Å². The van der Waals surface area contributed by atoms with Gasteiger partial charge in [-0.15, -0.1) is 0 Å². The van der Waals surface area contributed by atoms with Crippen LogP contribution in [0.15, 0.2) is 0 Å². The molecular formula is C15H30N2O. The summed E-state index contributed by atoms with van der Waals surface area (Å²) in [6.07, 6.45) is 1.24. The van der Waals surface area contributed by atoms with Gasteiger partial charge in [-0.3, -0.25) is 9.80 Å². The molecule has 106 valence electrons. The maximum Gasteiger partial charge on any atom is 0.0593 e. The molecule has 0 aromatic rings. The summed E-state index contributed by atoms with van der Waals surface area (Å²) in [6, 6.07) is 0.344. The van der Waals surface area contributed by atoms with Gasteiger partial charge in [0, 0.05) is 35.6 Å². The number of likely N-dealkylation sites (tertiary alicyclic amines) is 2. The number of hydrogen-bond acceptors (Lipinski definition) is 3. The van der Waals surface area contributed by atoms with Gasteiger partial charge in [0.1, 0.15) is 0 Å². The lowest BCUT2D eigenvalue weighted by Gasteiger charge is -2.57. The van der Waals surface area contributed by atoms with Gasteiger partial charge < -0.3 is 5.11 Å². The summed E-state index contributed by atoms with van der Waals surface area (Å²) in [6.45, 7) is 17.3. The zero-order valence-electron chi connectivity index (χ0n) is 13.0. The SMILES string of the molecule is CC(C)(C)N1CC2(CCN(C(C)(C)C)[C@H]2CO)C1. The highest BCUT2D eigenvalue weighted by atomic mass is 16.3. The predicted molar refractivity (Wildman–Crippen MR) is 75.7 cm³/mol. The summed E-state index contributed by atoms with van der Waals surface area (Å²) in [7, 11) is 0. The molecule has 0 radical (unpaired) electrons. The Morgan fingerprint density at radius 3 is 2.00 bits per heavy atom. The van der Waals surface area contributed by atoms with Crippen LogP contribution < -0.4 is 0 Å². The minimum atomic E-state index is 0.166. The van der Waals surface area contributed by atoms with Gasteiger partial charge in [-0.2, -0.15) is 0 Å². The molecule has 2 aliphatic heterocycles. The van der Waals surface area contributed by atoms with E-state index in [9.17, 15) is 5.11 Å². The van der Waals surface area contributed by atoms with Crippen molar-refractivity contribution in [2.24, 2.45) is 5.41 Å². The molecule has 2 fully saturated rings. The van der Waals surface area contributed by atoms with Gasteiger partial charge in [-0.05, 0) is 54.5 Å². The average Bonchev–Trinajstić information content (AvgIpc) is 2.51. The Balaban J connectivity index is 2.09. The third kappa shape index (κ3) is 2.21. The fourth-order valence-corrected chi connectivity index (χ4v) is 3.65. The van der Waals surface area contributed by atoms with Crippen molar-refractivity contribution >= 4 is 0 Å². The van der Waals surface area contributed by atoms with E-state index < -0.39 is 0 Å². The summed E-state index contributed by atoms with van der Waals surface area (Å²) in [4.78, 5) is 5.05. The first-order chi connectivity index (χ1) is 8.10. The third-order valence-electron chi connectivity index (χ3n) is 4.93. The Labute approximate surface area is 112 Å². The Morgan fingerprint density at radius 2 is 1.61 bits per heavy atom. The van der Waals surface area contributed by atoms with Gasteiger partial charge >= 0.3 is 0 Å². The zero-order valence-corrected chi connectivity index (χ0v) is 13.0. The lowest BCUT2D eigenvalue weighted by Crippen LogP contribution is -2.67. The van der Waals surface area contributed by atoms with Crippen LogP contribution >= 0.6 is 0 Å². The molecule has 0 aromatic heterocycles. The van der Waals surface area contributed by atoms with Gasteiger partial charge in [-0.25, -0.2) is 0 Å². The fourth-order valence-electron chi connectivity index (χ4n) is 3.65. The fraction of sp³-hybridized carbons (Fsp3) is 1.00. The standard InChI is InChI=1S/C15H30N2O/c1-13(2,3)16-10-15(11-16)7-8-17(12(15)9-18)14(4,5)6/h12,18H,7-11H2,1-6H3/t12-/m0/s1. The number of aliphatic hydroxyl groups is 1. The molecule has 0 aliphatic carbocycles. The third-order valence-corrected chi connectivity index (χ3v) is 4.93. The van der Waals surface area contributed by atoms with Crippen molar-refractivity contribution in [3.05, 3.63) is 0 Å². The van der Waals surface area contributed by atoms with Gasteiger partial charge in [0.25, 0.3) is 0 Å². The Morgan fingerprint density at radius 1 is 1.06 bits per heavy atom. The van der Waals surface area contributed by atoms with Crippen molar-refractivity contribution in [3.8, 4) is 0 Å². The minimum absolute atomic E-state index is 0.166. The first-order valence-electron chi connectivity index (χ1n) is 7.23. The number of rotatable bonds is 1. The number of hydrogen-bond donors (Lipinski definition) is 1. The van der Waals surface area contributed by atoms with E-state index in [0.29, 0.717) is 18.1 Å². The molecular weight excluding hydrogens is 224 g/mol. The Hall–Kier alpha value is -0.120. The normalized spacial score (nSPS) is 29.8. The molecule has 18 heavy (non-hydrogen) atoms. The predicted octanol–water partition coefficient (Wildman–Crippen LogP) is 1.95. The Kier molecular flexibility index (Phi) is 3.33. The molecule has 0 unspecified atom stereocenters. The van der Waals surface area contributed by atoms with Crippen LogP contribution in [0.3, 0.4) is 0 Å². The molecule has 1 atom stereocenters. The van der Waals surface area contributed by atoms with Crippen molar-refractivity contribution in [1.82, 2.24) is 9.80 Å². The summed E-state index contributed by atoms with van der Waals surface area (Å²) < 4.78 is 0. The van der Waals surface area contributed by atoms with Gasteiger partial charge in [0.15, 0.2) is 0 Å². The van der Waals surface area contributed by atoms with Crippen LogP contribution in [-0.4, -0.2) is 58.3 Å². The first-order valence-corrected chi connectivity index (χ1v) is 7.23. The van der Waals surface area contributed by atoms with E-state index in [-0.39, 0.29) is 11.1 Å². The minimum Gasteiger partial charge on any atom is -0.395 e. The van der Waals surface area contributed by atoms with Crippen LogP contribution in [0.1, 0.15) is 48.0 Å². The lowest BCUT2D eigenvalue weighted by molar-refractivity contribution is -0.0953. The lowest BCUT2D eigenvalue weighted by atomic mass is 9.71. The van der Waals surface area contributed by atoms with E-state index in [1.807, 2.05) is 0 Å².